The average molecular weight is 516 g/mol. The van der Waals surface area contributed by atoms with Crippen molar-refractivity contribution in [1.29, 1.82) is 0 Å². The van der Waals surface area contributed by atoms with Crippen molar-refractivity contribution in [3.8, 4) is 5.75 Å². The van der Waals surface area contributed by atoms with E-state index in [0.717, 1.165) is 10.6 Å². The van der Waals surface area contributed by atoms with Crippen molar-refractivity contribution in [3.05, 3.63) is 47.5 Å². The van der Waals surface area contributed by atoms with Gasteiger partial charge in [-0.15, -0.1) is 11.3 Å². The van der Waals surface area contributed by atoms with Gasteiger partial charge in [0.05, 0.1) is 18.4 Å². The Morgan fingerprint density at radius 1 is 1.33 bits per heavy atom. The molecule has 2 amide bonds. The molecule has 1 aromatic heterocycles. The smallest absolute Gasteiger partial charge is 0.413 e. The molecule has 1 aromatic carbocycles. The Morgan fingerprint density at radius 3 is 2.81 bits per heavy atom. The number of hydrogen-bond acceptors (Lipinski definition) is 8. The van der Waals surface area contributed by atoms with Gasteiger partial charge in [-0.05, 0) is 42.7 Å². The molecule has 36 heavy (non-hydrogen) atoms. The molecule has 5 N–H and O–H groups in total. The molecule has 5 atom stereocenters. The lowest BCUT2D eigenvalue weighted by molar-refractivity contribution is -0.143. The zero-order valence-corrected chi connectivity index (χ0v) is 21.3. The maximum Gasteiger partial charge on any atom is 0.413 e. The molecule has 0 unspecified atom stereocenters. The van der Waals surface area contributed by atoms with Gasteiger partial charge in [0.25, 0.3) is 0 Å². The summed E-state index contributed by atoms with van der Waals surface area (Å²) in [5.74, 6) is -0.592. The second-order valence-electron chi connectivity index (χ2n) is 10.2. The van der Waals surface area contributed by atoms with Crippen molar-refractivity contribution in [2.24, 2.45) is 16.7 Å². The minimum atomic E-state index is -0.745. The van der Waals surface area contributed by atoms with Crippen LogP contribution in [-0.4, -0.2) is 51.6 Å². The van der Waals surface area contributed by atoms with Gasteiger partial charge < -0.3 is 25.4 Å². The first-order valence-electron chi connectivity index (χ1n) is 12.0. The van der Waals surface area contributed by atoms with Gasteiger partial charge in [0.2, 0.25) is 5.91 Å². The molecule has 10 heteroatoms. The fourth-order valence-electron chi connectivity index (χ4n) is 5.94. The molecule has 1 saturated carbocycles. The second kappa shape index (κ2) is 10.2. The predicted octanol–water partition coefficient (Wildman–Crippen LogP) is 4.03. The van der Waals surface area contributed by atoms with Gasteiger partial charge in [0.1, 0.15) is 12.4 Å². The summed E-state index contributed by atoms with van der Waals surface area (Å²) in [4.78, 5) is 31.0. The normalized spacial score (nSPS) is 28.9. The number of ether oxygens (including phenoxy) is 1. The van der Waals surface area contributed by atoms with Crippen LogP contribution in [0.1, 0.15) is 49.6 Å². The van der Waals surface area contributed by atoms with Gasteiger partial charge in [-0.25, -0.2) is 9.78 Å². The molecule has 0 saturated heterocycles. The topological polar surface area (TPSA) is 141 Å². The number of hydrogen-bond donors (Lipinski definition) is 5. The van der Waals surface area contributed by atoms with Crippen LogP contribution >= 0.6 is 11.3 Å². The average Bonchev–Trinajstić information content (AvgIpc) is 3.23. The first kappa shape index (κ1) is 26.1. The lowest BCUT2D eigenvalue weighted by Gasteiger charge is -2.58. The molecule has 194 valence electrons. The quantitative estimate of drug-likeness (QED) is 0.351. The van der Waals surface area contributed by atoms with Crippen molar-refractivity contribution in [3.63, 3.8) is 0 Å². The molecule has 0 spiro atoms. The SMILES string of the molecule is C=CCOC(=O)Nc1nc2c(s1)C[C@@H]1[C@](C)(CO)[C@H](O)CC[C@@]1(C)[C@@H]2CC(=O)Nc1cccc(O)c1. The lowest BCUT2D eigenvalue weighted by atomic mass is 9.47. The molecule has 0 bridgehead atoms. The van der Waals surface area contributed by atoms with Gasteiger partial charge in [0.15, 0.2) is 5.13 Å². The Kier molecular flexibility index (Phi) is 7.40. The number of phenols is 1. The highest BCUT2D eigenvalue weighted by Gasteiger charge is 2.59. The number of aromatic nitrogens is 1. The Labute approximate surface area is 214 Å². The summed E-state index contributed by atoms with van der Waals surface area (Å²) in [6.07, 6.45) is 2.04. The minimum Gasteiger partial charge on any atom is -0.508 e. The third-order valence-corrected chi connectivity index (χ3v) is 8.96. The van der Waals surface area contributed by atoms with Gasteiger partial charge >= 0.3 is 6.09 Å². The highest BCUT2D eigenvalue weighted by molar-refractivity contribution is 7.15. The van der Waals surface area contributed by atoms with Crippen LogP contribution < -0.4 is 10.6 Å². The van der Waals surface area contributed by atoms with Crippen LogP contribution in [0.3, 0.4) is 0 Å². The Morgan fingerprint density at radius 2 is 2.11 bits per heavy atom. The Balaban J connectivity index is 1.68. The molecule has 9 nitrogen and oxygen atoms in total. The van der Waals surface area contributed by atoms with E-state index >= 15 is 0 Å². The van der Waals surface area contributed by atoms with Gasteiger partial charge in [-0.3, -0.25) is 10.1 Å². The van der Waals surface area contributed by atoms with Crippen LogP contribution in [-0.2, 0) is 16.0 Å². The van der Waals surface area contributed by atoms with Crippen LogP contribution in [0, 0.1) is 16.7 Å². The first-order valence-corrected chi connectivity index (χ1v) is 12.8. The number of carbonyl (C=O) groups excluding carboxylic acids is 2. The number of fused-ring (bicyclic) bond motifs is 2. The maximum atomic E-state index is 13.2. The van der Waals surface area contributed by atoms with Crippen LogP contribution in [0.4, 0.5) is 15.6 Å². The monoisotopic (exact) mass is 515 g/mol. The summed E-state index contributed by atoms with van der Waals surface area (Å²) in [5, 5.41) is 36.9. The number of phenolic OH excluding ortho intramolecular Hbond substituents is 1. The van der Waals surface area contributed by atoms with E-state index in [1.54, 1.807) is 12.1 Å². The Hall–Kier alpha value is -2.95. The van der Waals surface area contributed by atoms with E-state index in [4.69, 9.17) is 9.72 Å². The third-order valence-electron chi connectivity index (χ3n) is 7.95. The van der Waals surface area contributed by atoms with E-state index in [1.807, 2.05) is 6.92 Å². The number of nitrogens with zero attached hydrogens (tertiary/aromatic N) is 1. The summed E-state index contributed by atoms with van der Waals surface area (Å²) in [7, 11) is 0. The summed E-state index contributed by atoms with van der Waals surface area (Å²) in [6, 6.07) is 6.36. The molecular weight excluding hydrogens is 482 g/mol. The number of amides is 2. The van der Waals surface area contributed by atoms with E-state index < -0.39 is 23.0 Å². The largest absolute Gasteiger partial charge is 0.508 e. The van der Waals surface area contributed by atoms with E-state index in [-0.39, 0.29) is 43.1 Å². The van der Waals surface area contributed by atoms with Gasteiger partial charge in [-0.2, -0.15) is 0 Å². The number of aliphatic hydroxyl groups excluding tert-OH is 2. The van der Waals surface area contributed by atoms with E-state index in [0.29, 0.717) is 30.1 Å². The summed E-state index contributed by atoms with van der Waals surface area (Å²) in [5.41, 5.74) is 0.0720. The van der Waals surface area contributed by atoms with Gasteiger partial charge in [0, 0.05) is 34.4 Å². The first-order chi connectivity index (χ1) is 17.1. The number of aliphatic hydroxyl groups is 2. The number of thiazole rings is 1. The number of carbonyl (C=O) groups is 2. The van der Waals surface area contributed by atoms with Crippen molar-refractivity contribution in [2.75, 3.05) is 23.8 Å². The predicted molar refractivity (Wildman–Crippen MR) is 137 cm³/mol. The zero-order valence-electron chi connectivity index (χ0n) is 20.5. The standard InChI is InChI=1S/C26H33N3O6S/c1-4-10-35-24(34)29-23-28-22-17(12-21(33)27-15-6-5-7-16(31)11-15)25(2)9-8-20(32)26(3,14-30)19(25)13-18(22)36-23/h4-7,11,17,19-20,30-32H,1,8-10,12-14H2,2-3H3,(H,27,33)(H,28,29,34)/t17-,19+,20-,25+,26+/m1/s1. The molecule has 2 aliphatic carbocycles. The molecule has 0 radical (unpaired) electrons. The number of anilines is 2. The maximum absolute atomic E-state index is 13.2. The van der Waals surface area contributed by atoms with E-state index in [2.05, 4.69) is 24.1 Å². The van der Waals surface area contributed by atoms with Crippen LogP contribution in [0.2, 0.25) is 0 Å². The molecule has 2 aromatic rings. The number of rotatable bonds is 7. The van der Waals surface area contributed by atoms with Crippen molar-refractivity contribution in [2.45, 2.75) is 51.6 Å². The second-order valence-corrected chi connectivity index (χ2v) is 11.3. The van der Waals surface area contributed by atoms with Crippen LogP contribution in [0.25, 0.3) is 0 Å². The van der Waals surface area contributed by atoms with Crippen LogP contribution in [0.5, 0.6) is 5.75 Å². The highest BCUT2D eigenvalue weighted by atomic mass is 32.1. The molecule has 0 aliphatic heterocycles. The van der Waals surface area contributed by atoms with Crippen molar-refractivity contribution < 1.29 is 29.6 Å². The minimum absolute atomic E-state index is 0.0540. The van der Waals surface area contributed by atoms with E-state index in [9.17, 15) is 24.9 Å². The Bertz CT molecular complexity index is 1150. The summed E-state index contributed by atoms with van der Waals surface area (Å²) < 4.78 is 5.02. The fourth-order valence-corrected chi connectivity index (χ4v) is 6.99. The van der Waals surface area contributed by atoms with Gasteiger partial charge in [-0.1, -0.05) is 32.6 Å². The zero-order chi connectivity index (χ0) is 26.1. The molecule has 1 heterocycles. The molecule has 2 aliphatic rings. The number of aromatic hydroxyl groups is 1. The van der Waals surface area contributed by atoms with E-state index in [1.165, 1.54) is 29.5 Å². The molecule has 4 rings (SSSR count). The van der Waals surface area contributed by atoms with Crippen LogP contribution in [0.15, 0.2) is 36.9 Å². The molecular formula is C26H33N3O6S. The number of nitrogens with one attached hydrogen (secondary N) is 2. The highest BCUT2D eigenvalue weighted by Crippen LogP contribution is 2.62. The fraction of sp³-hybridized carbons (Fsp3) is 0.500. The lowest BCUT2D eigenvalue weighted by Crippen LogP contribution is -2.57. The van der Waals surface area contributed by atoms with Crippen molar-refractivity contribution >= 4 is 34.2 Å². The summed E-state index contributed by atoms with van der Waals surface area (Å²) in [6.45, 7) is 7.44. The number of benzene rings is 1. The summed E-state index contributed by atoms with van der Waals surface area (Å²) >= 11 is 1.32. The third kappa shape index (κ3) is 4.85. The molecule has 1 fully saturated rings. The van der Waals surface area contributed by atoms with Crippen molar-refractivity contribution in [1.82, 2.24) is 4.98 Å².